The zero-order valence-electron chi connectivity index (χ0n) is 16.1. The van der Waals surface area contributed by atoms with E-state index in [9.17, 15) is 9.59 Å². The van der Waals surface area contributed by atoms with Gasteiger partial charge in [0.15, 0.2) is 6.10 Å². The summed E-state index contributed by atoms with van der Waals surface area (Å²) in [6.45, 7) is 0. The number of thioether (sulfide) groups is 1. The highest BCUT2D eigenvalue weighted by Crippen LogP contribution is 2.41. The van der Waals surface area contributed by atoms with Gasteiger partial charge in [-0.25, -0.2) is 4.79 Å². The SMILES string of the molecule is NC1C(=O)N2C(C(=O)OC(c3ccccc3)c3ccccc3)=C(C=CCCl)CS[C@H]12. The highest BCUT2D eigenvalue weighted by atomic mass is 35.5. The number of carbonyl (C=O) groups excluding carboxylic acids is 2. The number of hydrogen-bond acceptors (Lipinski definition) is 5. The number of alkyl halides is 1. The maximum atomic E-state index is 13.4. The van der Waals surface area contributed by atoms with Gasteiger partial charge < -0.3 is 10.5 Å². The lowest BCUT2D eigenvalue weighted by molar-refractivity contribution is -0.153. The average molecular weight is 441 g/mol. The van der Waals surface area contributed by atoms with Crippen LogP contribution in [0, 0.1) is 0 Å². The fourth-order valence-corrected chi connectivity index (χ4v) is 4.95. The number of esters is 1. The van der Waals surface area contributed by atoms with Gasteiger partial charge in [-0.05, 0) is 16.7 Å². The summed E-state index contributed by atoms with van der Waals surface area (Å²) in [4.78, 5) is 27.3. The smallest absolute Gasteiger partial charge is 0.356 e. The normalized spacial score (nSPS) is 21.0. The molecule has 1 amide bonds. The van der Waals surface area contributed by atoms with Crippen LogP contribution in [0.3, 0.4) is 0 Å². The maximum absolute atomic E-state index is 13.4. The Hall–Kier alpha value is -2.54. The molecule has 2 heterocycles. The maximum Gasteiger partial charge on any atom is 0.356 e. The molecule has 2 aromatic carbocycles. The third-order valence-corrected chi connectivity index (χ3v) is 6.57. The first-order valence-corrected chi connectivity index (χ1v) is 11.2. The van der Waals surface area contributed by atoms with Crippen LogP contribution in [-0.2, 0) is 14.3 Å². The highest BCUT2D eigenvalue weighted by molar-refractivity contribution is 8.00. The van der Waals surface area contributed by atoms with Gasteiger partial charge in [0.25, 0.3) is 0 Å². The molecule has 0 saturated carbocycles. The molecule has 2 aliphatic rings. The Morgan fingerprint density at radius 1 is 1.17 bits per heavy atom. The second-order valence-corrected chi connectivity index (χ2v) is 8.39. The number of ether oxygens (including phenoxy) is 1. The van der Waals surface area contributed by atoms with Crippen LogP contribution in [0.25, 0.3) is 0 Å². The van der Waals surface area contributed by atoms with Gasteiger partial charge in [0, 0.05) is 11.6 Å². The number of β-lactam (4-membered cyclic amide) rings is 1. The van der Waals surface area contributed by atoms with Crippen molar-refractivity contribution >= 4 is 35.2 Å². The summed E-state index contributed by atoms with van der Waals surface area (Å²) in [5.41, 5.74) is 8.61. The molecule has 0 spiro atoms. The molecule has 0 radical (unpaired) electrons. The zero-order valence-corrected chi connectivity index (χ0v) is 17.7. The first kappa shape index (κ1) is 20.7. The van der Waals surface area contributed by atoms with Gasteiger partial charge in [-0.3, -0.25) is 9.69 Å². The lowest BCUT2D eigenvalue weighted by atomic mass is 10.0. The lowest BCUT2D eigenvalue weighted by Gasteiger charge is -2.48. The minimum atomic E-state index is -0.601. The molecule has 0 aliphatic carbocycles. The number of amides is 1. The molecule has 2 N–H and O–H groups in total. The zero-order chi connectivity index (χ0) is 21.1. The van der Waals surface area contributed by atoms with Gasteiger partial charge in [0.05, 0.1) is 0 Å². The van der Waals surface area contributed by atoms with Crippen molar-refractivity contribution in [2.75, 3.05) is 11.6 Å². The molecular weight excluding hydrogens is 420 g/mol. The van der Waals surface area contributed by atoms with Crippen LogP contribution >= 0.6 is 23.4 Å². The van der Waals surface area contributed by atoms with E-state index in [0.717, 1.165) is 11.1 Å². The van der Waals surface area contributed by atoms with E-state index in [2.05, 4.69) is 0 Å². The van der Waals surface area contributed by atoms with E-state index in [4.69, 9.17) is 22.1 Å². The Balaban J connectivity index is 1.70. The molecule has 154 valence electrons. The van der Waals surface area contributed by atoms with Crippen LogP contribution in [0.2, 0.25) is 0 Å². The number of allylic oxidation sites excluding steroid dienone is 2. The number of benzene rings is 2. The van der Waals surface area contributed by atoms with Crippen molar-refractivity contribution in [1.29, 1.82) is 0 Å². The van der Waals surface area contributed by atoms with E-state index in [1.807, 2.05) is 60.7 Å². The molecule has 1 unspecified atom stereocenters. The highest BCUT2D eigenvalue weighted by Gasteiger charge is 2.52. The van der Waals surface area contributed by atoms with Crippen molar-refractivity contribution in [3.63, 3.8) is 0 Å². The van der Waals surface area contributed by atoms with Crippen LogP contribution < -0.4 is 5.73 Å². The van der Waals surface area contributed by atoms with Crippen molar-refractivity contribution in [3.8, 4) is 0 Å². The quantitative estimate of drug-likeness (QED) is 0.422. The van der Waals surface area contributed by atoms with Crippen molar-refractivity contribution in [3.05, 3.63) is 95.2 Å². The summed E-state index contributed by atoms with van der Waals surface area (Å²) in [6.07, 6.45) is 2.94. The minimum absolute atomic E-state index is 0.250. The Bertz CT molecular complexity index is 955. The second kappa shape index (κ2) is 9.08. The van der Waals surface area contributed by atoms with Gasteiger partial charge in [-0.1, -0.05) is 72.8 Å². The number of fused-ring (bicyclic) bond motifs is 1. The predicted molar refractivity (Wildman–Crippen MR) is 119 cm³/mol. The third kappa shape index (κ3) is 3.90. The number of nitrogens with zero attached hydrogens (tertiary/aromatic N) is 1. The Morgan fingerprint density at radius 2 is 1.77 bits per heavy atom. The molecule has 2 aliphatic heterocycles. The second-order valence-electron chi connectivity index (χ2n) is 6.97. The van der Waals surface area contributed by atoms with Crippen LogP contribution in [-0.4, -0.2) is 39.8 Å². The molecule has 1 fully saturated rings. The van der Waals surface area contributed by atoms with Crippen LogP contribution in [0.5, 0.6) is 0 Å². The van der Waals surface area contributed by atoms with E-state index in [1.54, 1.807) is 12.2 Å². The third-order valence-electron chi connectivity index (χ3n) is 5.07. The standard InChI is InChI=1S/C23H21ClN2O3S/c24-13-7-12-17-14-30-22-18(25)21(27)26(22)19(17)23(28)29-20(15-8-3-1-4-9-15)16-10-5-2-6-11-16/h1-12,18,20,22H,13-14,25H2/t18?,22-/m1/s1. The summed E-state index contributed by atoms with van der Waals surface area (Å²) in [6, 6.07) is 18.5. The summed E-state index contributed by atoms with van der Waals surface area (Å²) in [5, 5.41) is -0.250. The predicted octanol–water partition coefficient (Wildman–Crippen LogP) is 3.61. The summed E-state index contributed by atoms with van der Waals surface area (Å²) in [5.74, 6) is 0.0464. The molecule has 30 heavy (non-hydrogen) atoms. The average Bonchev–Trinajstić information content (AvgIpc) is 2.81. The first-order chi connectivity index (χ1) is 14.6. The minimum Gasteiger partial charge on any atom is -0.448 e. The molecule has 5 nitrogen and oxygen atoms in total. The van der Waals surface area contributed by atoms with E-state index in [0.29, 0.717) is 17.2 Å². The van der Waals surface area contributed by atoms with E-state index >= 15 is 0 Å². The first-order valence-electron chi connectivity index (χ1n) is 9.58. The molecule has 1 saturated heterocycles. The topological polar surface area (TPSA) is 72.6 Å². The number of halogens is 1. The molecule has 4 rings (SSSR count). The van der Waals surface area contributed by atoms with E-state index in [1.165, 1.54) is 16.7 Å². The van der Waals surface area contributed by atoms with Crippen molar-refractivity contribution in [1.82, 2.24) is 4.90 Å². The monoisotopic (exact) mass is 440 g/mol. The number of carbonyl (C=O) groups is 2. The van der Waals surface area contributed by atoms with Crippen LogP contribution in [0.1, 0.15) is 17.2 Å². The van der Waals surface area contributed by atoms with Crippen LogP contribution in [0.15, 0.2) is 84.1 Å². The van der Waals surface area contributed by atoms with Gasteiger partial charge in [0.1, 0.15) is 17.1 Å². The Morgan fingerprint density at radius 3 is 2.33 bits per heavy atom. The lowest BCUT2D eigenvalue weighted by Crippen LogP contribution is -2.68. The molecule has 2 atom stereocenters. The van der Waals surface area contributed by atoms with Crippen LogP contribution in [0.4, 0.5) is 0 Å². The van der Waals surface area contributed by atoms with Gasteiger partial charge in [-0.15, -0.1) is 23.4 Å². The summed E-state index contributed by atoms with van der Waals surface area (Å²) in [7, 11) is 0. The Labute approximate surface area is 184 Å². The van der Waals surface area contributed by atoms with Gasteiger partial charge in [0.2, 0.25) is 5.91 Å². The molecule has 0 bridgehead atoms. The number of hydrogen-bond donors (Lipinski definition) is 1. The van der Waals surface area contributed by atoms with Crippen molar-refractivity contribution in [2.24, 2.45) is 5.73 Å². The summed E-state index contributed by atoms with van der Waals surface area (Å²) < 4.78 is 6.00. The van der Waals surface area contributed by atoms with Gasteiger partial charge in [-0.2, -0.15) is 0 Å². The van der Waals surface area contributed by atoms with Crippen molar-refractivity contribution in [2.45, 2.75) is 17.5 Å². The number of nitrogens with two attached hydrogens (primary N) is 1. The largest absolute Gasteiger partial charge is 0.448 e. The van der Waals surface area contributed by atoms with E-state index < -0.39 is 18.1 Å². The molecule has 2 aromatic rings. The number of rotatable bonds is 6. The fraction of sp³-hybridized carbons (Fsp3) is 0.217. The molecule has 0 aromatic heterocycles. The summed E-state index contributed by atoms with van der Waals surface area (Å²) >= 11 is 7.33. The molecular formula is C23H21ClN2O3S. The fourth-order valence-electron chi connectivity index (χ4n) is 3.59. The Kier molecular flexibility index (Phi) is 6.27. The van der Waals surface area contributed by atoms with E-state index in [-0.39, 0.29) is 17.0 Å². The van der Waals surface area contributed by atoms with Gasteiger partial charge >= 0.3 is 5.97 Å². The van der Waals surface area contributed by atoms with Crippen molar-refractivity contribution < 1.29 is 14.3 Å². The molecule has 7 heteroatoms.